The van der Waals surface area contributed by atoms with Crippen molar-refractivity contribution in [1.82, 2.24) is 4.90 Å². The second kappa shape index (κ2) is 7.14. The number of carbonyl (C=O) groups excluding carboxylic acids is 1. The van der Waals surface area contributed by atoms with Gasteiger partial charge in [-0.1, -0.05) is 18.2 Å². The quantitative estimate of drug-likeness (QED) is 0.761. The number of ether oxygens (including phenoxy) is 2. The van der Waals surface area contributed by atoms with Crippen LogP contribution in [0.2, 0.25) is 0 Å². The van der Waals surface area contributed by atoms with E-state index in [-0.39, 0.29) is 11.9 Å². The Bertz CT molecular complexity index is 394. The molecule has 104 valence electrons. The number of hydrogen-bond donors (Lipinski definition) is 0. The average molecular weight is 263 g/mol. The van der Waals surface area contributed by atoms with Crippen LogP contribution in [0.4, 0.5) is 0 Å². The van der Waals surface area contributed by atoms with Crippen LogP contribution in [0.3, 0.4) is 0 Å². The van der Waals surface area contributed by atoms with Gasteiger partial charge in [0.05, 0.1) is 13.0 Å². The van der Waals surface area contributed by atoms with Crippen LogP contribution in [0, 0.1) is 5.92 Å². The molecule has 1 atom stereocenters. The zero-order valence-corrected chi connectivity index (χ0v) is 11.4. The molecule has 0 N–H and O–H groups in total. The molecule has 4 nitrogen and oxygen atoms in total. The van der Waals surface area contributed by atoms with E-state index in [4.69, 9.17) is 9.47 Å². The Morgan fingerprint density at radius 2 is 2.16 bits per heavy atom. The van der Waals surface area contributed by atoms with Crippen LogP contribution in [0.5, 0.6) is 5.75 Å². The highest BCUT2D eigenvalue weighted by molar-refractivity contribution is 5.72. The summed E-state index contributed by atoms with van der Waals surface area (Å²) < 4.78 is 10.5. The third-order valence-electron chi connectivity index (χ3n) is 3.46. The lowest BCUT2D eigenvalue weighted by Gasteiger charge is -2.31. The second-order valence-electron chi connectivity index (χ2n) is 4.82. The Hall–Kier alpha value is -1.55. The predicted octanol–water partition coefficient (Wildman–Crippen LogP) is 1.95. The highest BCUT2D eigenvalue weighted by Gasteiger charge is 2.26. The highest BCUT2D eigenvalue weighted by atomic mass is 16.5. The molecule has 19 heavy (non-hydrogen) atoms. The summed E-state index contributed by atoms with van der Waals surface area (Å²) in [6, 6.07) is 9.80. The Labute approximate surface area is 114 Å². The molecule has 0 aromatic heterocycles. The van der Waals surface area contributed by atoms with Gasteiger partial charge in [-0.2, -0.15) is 0 Å². The van der Waals surface area contributed by atoms with Crippen LogP contribution in [0.15, 0.2) is 30.3 Å². The van der Waals surface area contributed by atoms with Gasteiger partial charge < -0.3 is 9.47 Å². The number of para-hydroxylation sites is 1. The number of esters is 1. The molecule has 1 aliphatic rings. The van der Waals surface area contributed by atoms with Crippen molar-refractivity contribution >= 4 is 5.97 Å². The molecule has 1 heterocycles. The van der Waals surface area contributed by atoms with E-state index in [9.17, 15) is 4.79 Å². The van der Waals surface area contributed by atoms with Gasteiger partial charge in [0.1, 0.15) is 12.4 Å². The molecule has 1 aromatic rings. The first kappa shape index (κ1) is 13.9. The molecule has 2 rings (SSSR count). The van der Waals surface area contributed by atoms with Crippen LogP contribution in [-0.2, 0) is 9.53 Å². The van der Waals surface area contributed by atoms with Gasteiger partial charge in [-0.25, -0.2) is 0 Å². The summed E-state index contributed by atoms with van der Waals surface area (Å²) in [6.45, 7) is 3.32. The molecule has 1 saturated heterocycles. The van der Waals surface area contributed by atoms with Crippen LogP contribution in [0.1, 0.15) is 12.8 Å². The number of nitrogens with zero attached hydrogens (tertiary/aromatic N) is 1. The van der Waals surface area contributed by atoms with Crippen molar-refractivity contribution in [1.29, 1.82) is 0 Å². The molecule has 0 unspecified atom stereocenters. The van der Waals surface area contributed by atoms with Crippen molar-refractivity contribution in [2.24, 2.45) is 5.92 Å². The van der Waals surface area contributed by atoms with E-state index in [1.807, 2.05) is 30.3 Å². The number of piperidine rings is 1. The predicted molar refractivity (Wildman–Crippen MR) is 73.1 cm³/mol. The number of carbonyl (C=O) groups is 1. The van der Waals surface area contributed by atoms with Crippen molar-refractivity contribution in [3.05, 3.63) is 30.3 Å². The fourth-order valence-electron chi connectivity index (χ4n) is 2.43. The van der Waals surface area contributed by atoms with Crippen LogP contribution in [0.25, 0.3) is 0 Å². The van der Waals surface area contributed by atoms with E-state index in [1.165, 1.54) is 7.11 Å². The largest absolute Gasteiger partial charge is 0.492 e. The van der Waals surface area contributed by atoms with Gasteiger partial charge in [0.25, 0.3) is 0 Å². The Balaban J connectivity index is 1.72. The van der Waals surface area contributed by atoms with E-state index in [0.717, 1.165) is 38.2 Å². The first-order chi connectivity index (χ1) is 9.29. The number of methoxy groups -OCH3 is 1. The Kier molecular flexibility index (Phi) is 5.21. The fraction of sp³-hybridized carbons (Fsp3) is 0.533. The van der Waals surface area contributed by atoms with Gasteiger partial charge >= 0.3 is 5.97 Å². The summed E-state index contributed by atoms with van der Waals surface area (Å²) in [6.07, 6.45) is 1.98. The molecule has 0 saturated carbocycles. The fourth-order valence-corrected chi connectivity index (χ4v) is 2.43. The van der Waals surface area contributed by atoms with Gasteiger partial charge in [0.2, 0.25) is 0 Å². The minimum atomic E-state index is -0.0892. The molecular weight excluding hydrogens is 242 g/mol. The lowest BCUT2D eigenvalue weighted by molar-refractivity contribution is -0.147. The maximum absolute atomic E-state index is 11.5. The molecule has 1 aliphatic heterocycles. The van der Waals surface area contributed by atoms with E-state index >= 15 is 0 Å². The average Bonchev–Trinajstić information content (AvgIpc) is 2.48. The SMILES string of the molecule is COC(=O)[C@H]1CCCN(CCOc2ccccc2)C1. The summed E-state index contributed by atoms with van der Waals surface area (Å²) in [7, 11) is 1.46. The van der Waals surface area contributed by atoms with Crippen molar-refractivity contribution in [3.8, 4) is 5.75 Å². The zero-order valence-electron chi connectivity index (χ0n) is 11.4. The van der Waals surface area contributed by atoms with Crippen LogP contribution < -0.4 is 4.74 Å². The number of likely N-dealkylation sites (tertiary alicyclic amines) is 1. The molecule has 1 aromatic carbocycles. The lowest BCUT2D eigenvalue weighted by Crippen LogP contribution is -2.41. The maximum atomic E-state index is 11.5. The van der Waals surface area contributed by atoms with Crippen molar-refractivity contribution in [2.45, 2.75) is 12.8 Å². The van der Waals surface area contributed by atoms with E-state index < -0.39 is 0 Å². The highest BCUT2D eigenvalue weighted by Crippen LogP contribution is 2.17. The summed E-state index contributed by atoms with van der Waals surface area (Å²) in [5.41, 5.74) is 0. The van der Waals surface area contributed by atoms with Crippen LogP contribution >= 0.6 is 0 Å². The van der Waals surface area contributed by atoms with Gasteiger partial charge in [-0.3, -0.25) is 9.69 Å². The Morgan fingerprint density at radius 1 is 1.37 bits per heavy atom. The first-order valence-electron chi connectivity index (χ1n) is 6.77. The number of hydrogen-bond acceptors (Lipinski definition) is 4. The molecule has 0 radical (unpaired) electrons. The zero-order chi connectivity index (χ0) is 13.5. The second-order valence-corrected chi connectivity index (χ2v) is 4.82. The summed E-state index contributed by atoms with van der Waals surface area (Å²) >= 11 is 0. The summed E-state index contributed by atoms with van der Waals surface area (Å²) in [4.78, 5) is 13.8. The minimum Gasteiger partial charge on any atom is -0.492 e. The van der Waals surface area contributed by atoms with E-state index in [2.05, 4.69) is 4.90 Å². The van der Waals surface area contributed by atoms with Crippen LogP contribution in [-0.4, -0.2) is 44.2 Å². The summed E-state index contributed by atoms with van der Waals surface area (Å²) in [5.74, 6) is 0.827. The first-order valence-corrected chi connectivity index (χ1v) is 6.77. The van der Waals surface area contributed by atoms with Crippen molar-refractivity contribution in [2.75, 3.05) is 33.4 Å². The van der Waals surface area contributed by atoms with Gasteiger partial charge in [0, 0.05) is 13.1 Å². The summed E-state index contributed by atoms with van der Waals surface area (Å²) in [5, 5.41) is 0. The monoisotopic (exact) mass is 263 g/mol. The van der Waals surface area contributed by atoms with E-state index in [0.29, 0.717) is 6.61 Å². The molecule has 0 aliphatic carbocycles. The van der Waals surface area contributed by atoms with Gasteiger partial charge in [-0.15, -0.1) is 0 Å². The minimum absolute atomic E-state index is 0.0236. The molecule has 0 spiro atoms. The topological polar surface area (TPSA) is 38.8 Å². The molecular formula is C15H21NO3. The smallest absolute Gasteiger partial charge is 0.309 e. The van der Waals surface area contributed by atoms with Crippen molar-refractivity contribution in [3.63, 3.8) is 0 Å². The number of rotatable bonds is 5. The van der Waals surface area contributed by atoms with E-state index in [1.54, 1.807) is 0 Å². The molecule has 1 fully saturated rings. The lowest BCUT2D eigenvalue weighted by atomic mass is 9.98. The molecule has 0 amide bonds. The standard InChI is InChI=1S/C15H21NO3/c1-18-15(17)13-6-5-9-16(12-13)10-11-19-14-7-3-2-4-8-14/h2-4,7-8,13H,5-6,9-12H2,1H3/t13-/m0/s1. The number of benzene rings is 1. The third-order valence-corrected chi connectivity index (χ3v) is 3.46. The third kappa shape index (κ3) is 4.24. The van der Waals surface area contributed by atoms with Gasteiger partial charge in [-0.05, 0) is 31.5 Å². The normalized spacial score (nSPS) is 19.9. The molecule has 4 heteroatoms. The van der Waals surface area contributed by atoms with Gasteiger partial charge in [0.15, 0.2) is 0 Å². The van der Waals surface area contributed by atoms with Crippen molar-refractivity contribution < 1.29 is 14.3 Å². The maximum Gasteiger partial charge on any atom is 0.309 e. The Morgan fingerprint density at radius 3 is 2.89 bits per heavy atom. The molecule has 0 bridgehead atoms.